The van der Waals surface area contributed by atoms with Gasteiger partial charge in [0.1, 0.15) is 24.1 Å². The quantitative estimate of drug-likeness (QED) is 0.340. The molecule has 5 atom stereocenters. The van der Waals surface area contributed by atoms with Crippen LogP contribution in [0, 0.1) is 0 Å². The van der Waals surface area contributed by atoms with Gasteiger partial charge in [0.05, 0.1) is 18.5 Å². The summed E-state index contributed by atoms with van der Waals surface area (Å²) >= 11 is 0. The summed E-state index contributed by atoms with van der Waals surface area (Å²) in [4.78, 5) is 25.5. The van der Waals surface area contributed by atoms with E-state index in [9.17, 15) is 19.9 Å². The van der Waals surface area contributed by atoms with Crippen molar-refractivity contribution in [3.05, 3.63) is 18.6 Å². The topological polar surface area (TPSA) is 165 Å². The highest BCUT2D eigenvalue weighted by Crippen LogP contribution is 2.37. The highest BCUT2D eigenvalue weighted by Gasteiger charge is 2.44. The van der Waals surface area contributed by atoms with Crippen LogP contribution in [0.4, 0.5) is 5.82 Å². The van der Waals surface area contributed by atoms with E-state index in [1.165, 1.54) is 18.6 Å². The Hall–Kier alpha value is -1.13. The summed E-state index contributed by atoms with van der Waals surface area (Å²) < 4.78 is 16.3. The molecule has 6 N–H and O–H groups in total. The molecule has 0 spiro atoms. The maximum absolute atomic E-state index is 10.9. The van der Waals surface area contributed by atoms with Gasteiger partial charge in [-0.25, -0.2) is 4.98 Å². The predicted molar refractivity (Wildman–Crippen MR) is 73.9 cm³/mol. The van der Waals surface area contributed by atoms with Gasteiger partial charge < -0.3 is 35.2 Å². The van der Waals surface area contributed by atoms with Crippen LogP contribution in [0.3, 0.4) is 0 Å². The predicted octanol–water partition coefficient (Wildman–Crippen LogP) is -1.74. The molecule has 2 heterocycles. The molecule has 22 heavy (non-hydrogen) atoms. The van der Waals surface area contributed by atoms with E-state index in [1.54, 1.807) is 0 Å². The lowest BCUT2D eigenvalue weighted by Crippen LogP contribution is -2.59. The number of ether oxygens (including phenoxy) is 1. The molecule has 1 aliphatic rings. The second-order valence-electron chi connectivity index (χ2n) is 4.98. The number of aliphatic hydroxyl groups is 3. The SMILES string of the molecule is O=P(O)(O)CC[C@H]1OC(Nc2cnccn2)[C@@H](O)[C@@H](O)[C@@H]1O. The fourth-order valence-electron chi connectivity index (χ4n) is 2.12. The van der Waals surface area contributed by atoms with Gasteiger partial charge in [0.2, 0.25) is 0 Å². The number of hydrogen-bond donors (Lipinski definition) is 6. The Morgan fingerprint density at radius 1 is 1.18 bits per heavy atom. The van der Waals surface area contributed by atoms with Crippen LogP contribution in [0.1, 0.15) is 6.42 Å². The van der Waals surface area contributed by atoms with Gasteiger partial charge in [0.25, 0.3) is 0 Å². The van der Waals surface area contributed by atoms with E-state index < -0.39 is 44.4 Å². The van der Waals surface area contributed by atoms with Gasteiger partial charge in [-0.3, -0.25) is 9.55 Å². The lowest BCUT2D eigenvalue weighted by Gasteiger charge is -2.41. The third-order valence-corrected chi connectivity index (χ3v) is 4.11. The molecular formula is C11H18N3O7P. The van der Waals surface area contributed by atoms with Gasteiger partial charge in [-0.05, 0) is 6.42 Å². The van der Waals surface area contributed by atoms with Crippen molar-refractivity contribution < 1.29 is 34.4 Å². The van der Waals surface area contributed by atoms with Crippen LogP contribution in [0.2, 0.25) is 0 Å². The van der Waals surface area contributed by atoms with Crippen molar-refractivity contribution in [3.63, 3.8) is 0 Å². The average molecular weight is 335 g/mol. The number of rotatable bonds is 5. The molecule has 0 aromatic carbocycles. The average Bonchev–Trinajstić information content (AvgIpc) is 2.47. The van der Waals surface area contributed by atoms with Crippen molar-refractivity contribution in [1.82, 2.24) is 9.97 Å². The zero-order valence-electron chi connectivity index (χ0n) is 11.4. The van der Waals surface area contributed by atoms with Gasteiger partial charge in [-0.1, -0.05) is 0 Å². The van der Waals surface area contributed by atoms with Crippen LogP contribution in [-0.4, -0.2) is 71.9 Å². The summed E-state index contributed by atoms with van der Waals surface area (Å²) in [6.07, 6.45) is -3.01. The Morgan fingerprint density at radius 2 is 1.91 bits per heavy atom. The highest BCUT2D eigenvalue weighted by atomic mass is 31.2. The second kappa shape index (κ2) is 6.97. The largest absolute Gasteiger partial charge is 0.388 e. The maximum Gasteiger partial charge on any atom is 0.325 e. The number of anilines is 1. The summed E-state index contributed by atoms with van der Waals surface area (Å²) in [5.41, 5.74) is 0. The Labute approximate surface area is 126 Å². The molecule has 11 heteroatoms. The molecule has 124 valence electrons. The number of aromatic nitrogens is 2. The summed E-state index contributed by atoms with van der Waals surface area (Å²) in [5.74, 6) is 0.281. The first-order chi connectivity index (χ1) is 10.3. The van der Waals surface area contributed by atoms with Crippen molar-refractivity contribution in [3.8, 4) is 0 Å². The first-order valence-electron chi connectivity index (χ1n) is 6.55. The third kappa shape index (κ3) is 4.43. The molecular weight excluding hydrogens is 317 g/mol. The lowest BCUT2D eigenvalue weighted by atomic mass is 9.96. The van der Waals surface area contributed by atoms with Crippen LogP contribution < -0.4 is 5.32 Å². The Morgan fingerprint density at radius 3 is 2.50 bits per heavy atom. The molecule has 0 bridgehead atoms. The van der Waals surface area contributed by atoms with Gasteiger partial charge in [0, 0.05) is 12.4 Å². The number of hydrogen-bond acceptors (Lipinski definition) is 8. The zero-order valence-corrected chi connectivity index (χ0v) is 12.3. The molecule has 1 saturated heterocycles. The first-order valence-corrected chi connectivity index (χ1v) is 8.34. The normalized spacial score (nSPS) is 32.7. The van der Waals surface area contributed by atoms with Crippen molar-refractivity contribution in [2.24, 2.45) is 0 Å². The minimum Gasteiger partial charge on any atom is -0.388 e. The summed E-state index contributed by atoms with van der Waals surface area (Å²) in [6, 6.07) is 0. The van der Waals surface area contributed by atoms with Gasteiger partial charge in [0.15, 0.2) is 6.23 Å². The van der Waals surface area contributed by atoms with Gasteiger partial charge >= 0.3 is 7.60 Å². The molecule has 1 aromatic heterocycles. The molecule has 0 amide bonds. The molecule has 1 aliphatic heterocycles. The molecule has 1 aromatic rings. The zero-order chi connectivity index (χ0) is 16.3. The molecule has 1 unspecified atom stereocenters. The van der Waals surface area contributed by atoms with E-state index in [2.05, 4.69) is 15.3 Å². The Kier molecular flexibility index (Phi) is 5.45. The molecule has 0 saturated carbocycles. The van der Waals surface area contributed by atoms with E-state index in [0.717, 1.165) is 0 Å². The van der Waals surface area contributed by atoms with Crippen LogP contribution >= 0.6 is 7.60 Å². The van der Waals surface area contributed by atoms with Crippen LogP contribution in [-0.2, 0) is 9.30 Å². The molecule has 2 rings (SSSR count). The maximum atomic E-state index is 10.9. The molecule has 0 aliphatic carbocycles. The lowest BCUT2D eigenvalue weighted by molar-refractivity contribution is -0.214. The van der Waals surface area contributed by atoms with E-state index >= 15 is 0 Å². The fourth-order valence-corrected chi connectivity index (χ4v) is 2.71. The fraction of sp³-hybridized carbons (Fsp3) is 0.636. The summed E-state index contributed by atoms with van der Waals surface area (Å²) in [6.45, 7) is 0. The van der Waals surface area contributed by atoms with Crippen molar-refractivity contribution >= 4 is 13.4 Å². The highest BCUT2D eigenvalue weighted by molar-refractivity contribution is 7.51. The molecule has 0 radical (unpaired) electrons. The Bertz CT molecular complexity index is 528. The Balaban J connectivity index is 2.05. The van der Waals surface area contributed by atoms with Crippen molar-refractivity contribution in [2.75, 3.05) is 11.5 Å². The van der Waals surface area contributed by atoms with E-state index in [0.29, 0.717) is 0 Å². The number of nitrogens with one attached hydrogen (secondary N) is 1. The van der Waals surface area contributed by atoms with Crippen LogP contribution in [0.15, 0.2) is 18.6 Å². The van der Waals surface area contributed by atoms with Crippen molar-refractivity contribution in [2.45, 2.75) is 37.1 Å². The minimum absolute atomic E-state index is 0.173. The standard InChI is InChI=1S/C11H18N3O7P/c15-8-6(1-4-22(18,19)20)21-11(10(17)9(8)16)14-7-5-12-2-3-13-7/h2-3,5-6,8-11,15-17H,1,4H2,(H,13,14)(H2,18,19,20)/t6-,8-,9+,10+,11?/m1/s1. The summed E-state index contributed by atoms with van der Waals surface area (Å²) in [5, 5.41) is 32.3. The van der Waals surface area contributed by atoms with Crippen LogP contribution in [0.25, 0.3) is 0 Å². The number of aliphatic hydroxyl groups excluding tert-OH is 3. The molecule has 1 fully saturated rings. The first kappa shape index (κ1) is 17.2. The summed E-state index contributed by atoms with van der Waals surface area (Å²) in [7, 11) is -4.26. The second-order valence-corrected chi connectivity index (χ2v) is 6.76. The smallest absolute Gasteiger partial charge is 0.325 e. The van der Waals surface area contributed by atoms with E-state index in [1.807, 2.05) is 0 Å². The molecule has 10 nitrogen and oxygen atoms in total. The minimum atomic E-state index is -4.26. The van der Waals surface area contributed by atoms with E-state index in [-0.39, 0.29) is 12.2 Å². The van der Waals surface area contributed by atoms with E-state index in [4.69, 9.17) is 14.5 Å². The monoisotopic (exact) mass is 335 g/mol. The third-order valence-electron chi connectivity index (χ3n) is 3.27. The van der Waals surface area contributed by atoms with Crippen LogP contribution in [0.5, 0.6) is 0 Å². The van der Waals surface area contributed by atoms with Crippen molar-refractivity contribution in [1.29, 1.82) is 0 Å². The van der Waals surface area contributed by atoms with Gasteiger partial charge in [-0.2, -0.15) is 0 Å². The van der Waals surface area contributed by atoms with Gasteiger partial charge in [-0.15, -0.1) is 0 Å². The number of nitrogens with zero attached hydrogens (tertiary/aromatic N) is 2.